The van der Waals surface area contributed by atoms with E-state index in [4.69, 9.17) is 10.5 Å². The molecule has 1 rings (SSSR count). The summed E-state index contributed by atoms with van der Waals surface area (Å²) >= 11 is 0. The van der Waals surface area contributed by atoms with Gasteiger partial charge in [0.1, 0.15) is 5.60 Å². The molecule has 2 N–H and O–H groups in total. The summed E-state index contributed by atoms with van der Waals surface area (Å²) in [5.41, 5.74) is 5.06. The second-order valence-corrected chi connectivity index (χ2v) is 6.69. The van der Waals surface area contributed by atoms with Gasteiger partial charge < -0.3 is 10.5 Å². The highest BCUT2D eigenvalue weighted by molar-refractivity contribution is 5.77. The second-order valence-electron chi connectivity index (χ2n) is 6.69. The molecule has 1 saturated carbocycles. The van der Waals surface area contributed by atoms with Crippen LogP contribution in [0.3, 0.4) is 0 Å². The number of nitrogens with two attached hydrogens (primary N) is 1. The first-order valence-corrected chi connectivity index (χ1v) is 7.26. The third kappa shape index (κ3) is 3.98. The molecule has 0 radical (unpaired) electrons. The van der Waals surface area contributed by atoms with Crippen LogP contribution in [0.4, 0.5) is 0 Å². The molecular formula is C15H29NO2. The Bertz CT molecular complexity index is 283. The van der Waals surface area contributed by atoms with Crippen molar-refractivity contribution in [1.82, 2.24) is 0 Å². The Balaban J connectivity index is 2.75. The molecule has 0 amide bonds. The molecule has 106 valence electrons. The number of hydrogen-bond donors (Lipinski definition) is 1. The summed E-state index contributed by atoms with van der Waals surface area (Å²) in [4.78, 5) is 12.4. The van der Waals surface area contributed by atoms with Crippen molar-refractivity contribution in [3.8, 4) is 0 Å². The van der Waals surface area contributed by atoms with Crippen LogP contribution in [0.2, 0.25) is 0 Å². The first-order valence-electron chi connectivity index (χ1n) is 7.26. The van der Waals surface area contributed by atoms with Crippen molar-refractivity contribution in [2.45, 2.75) is 71.8 Å². The van der Waals surface area contributed by atoms with Crippen LogP contribution in [0, 0.1) is 11.3 Å². The summed E-state index contributed by atoms with van der Waals surface area (Å²) < 4.78 is 5.58. The molecule has 18 heavy (non-hydrogen) atoms. The summed E-state index contributed by atoms with van der Waals surface area (Å²) in [6.45, 7) is 8.40. The molecule has 0 aliphatic heterocycles. The van der Waals surface area contributed by atoms with Crippen LogP contribution in [0.25, 0.3) is 0 Å². The Kier molecular flexibility index (Phi) is 5.20. The summed E-state index contributed by atoms with van der Waals surface area (Å²) in [5.74, 6) is 0.662. The quantitative estimate of drug-likeness (QED) is 0.622. The number of esters is 1. The maximum atomic E-state index is 12.4. The predicted molar refractivity (Wildman–Crippen MR) is 74.2 cm³/mol. The van der Waals surface area contributed by atoms with Crippen LogP contribution in [-0.4, -0.2) is 18.1 Å². The van der Waals surface area contributed by atoms with Gasteiger partial charge in [-0.05, 0) is 46.0 Å². The molecule has 2 unspecified atom stereocenters. The van der Waals surface area contributed by atoms with Gasteiger partial charge in [0, 0.05) is 6.54 Å². The topological polar surface area (TPSA) is 52.3 Å². The van der Waals surface area contributed by atoms with Crippen molar-refractivity contribution in [3.63, 3.8) is 0 Å². The van der Waals surface area contributed by atoms with E-state index in [1.807, 2.05) is 20.8 Å². The second kappa shape index (κ2) is 6.05. The Hall–Kier alpha value is -0.570. The van der Waals surface area contributed by atoms with Crippen LogP contribution in [0.5, 0.6) is 0 Å². The fourth-order valence-corrected chi connectivity index (χ4v) is 2.77. The molecule has 0 spiro atoms. The Morgan fingerprint density at radius 1 is 1.33 bits per heavy atom. The van der Waals surface area contributed by atoms with Gasteiger partial charge in [0.05, 0.1) is 5.41 Å². The van der Waals surface area contributed by atoms with Crippen LogP contribution < -0.4 is 5.73 Å². The monoisotopic (exact) mass is 255 g/mol. The summed E-state index contributed by atoms with van der Waals surface area (Å²) in [6.07, 6.45) is 6.39. The van der Waals surface area contributed by atoms with Gasteiger partial charge >= 0.3 is 5.97 Å². The average Bonchev–Trinajstić information content (AvgIpc) is 2.49. The Labute approximate surface area is 111 Å². The maximum Gasteiger partial charge on any atom is 0.313 e. The fourth-order valence-electron chi connectivity index (χ4n) is 2.77. The fraction of sp³-hybridized carbons (Fsp3) is 0.933. The van der Waals surface area contributed by atoms with E-state index in [1.165, 1.54) is 12.8 Å². The number of carbonyl (C=O) groups excluding carboxylic acids is 1. The van der Waals surface area contributed by atoms with Gasteiger partial charge in [-0.2, -0.15) is 0 Å². The van der Waals surface area contributed by atoms with E-state index in [0.29, 0.717) is 6.54 Å². The van der Waals surface area contributed by atoms with Crippen LogP contribution >= 0.6 is 0 Å². The lowest BCUT2D eigenvalue weighted by molar-refractivity contribution is -0.168. The van der Waals surface area contributed by atoms with Gasteiger partial charge in [-0.3, -0.25) is 4.79 Å². The van der Waals surface area contributed by atoms with Crippen molar-refractivity contribution in [1.29, 1.82) is 0 Å². The van der Waals surface area contributed by atoms with E-state index in [1.54, 1.807) is 0 Å². The van der Waals surface area contributed by atoms with E-state index in [-0.39, 0.29) is 5.97 Å². The number of rotatable bonds is 3. The van der Waals surface area contributed by atoms with Crippen molar-refractivity contribution >= 4 is 5.97 Å². The number of hydrogen-bond acceptors (Lipinski definition) is 3. The molecule has 0 aromatic carbocycles. The van der Waals surface area contributed by atoms with Crippen molar-refractivity contribution < 1.29 is 9.53 Å². The molecule has 0 aromatic rings. The van der Waals surface area contributed by atoms with Gasteiger partial charge in [-0.15, -0.1) is 0 Å². The van der Waals surface area contributed by atoms with Gasteiger partial charge in [-0.1, -0.05) is 26.2 Å². The minimum absolute atomic E-state index is 0.0887. The smallest absolute Gasteiger partial charge is 0.313 e. The summed E-state index contributed by atoms with van der Waals surface area (Å²) in [5, 5.41) is 0. The third-order valence-corrected chi connectivity index (χ3v) is 4.10. The first-order chi connectivity index (χ1) is 8.33. The lowest BCUT2D eigenvalue weighted by atomic mass is 9.80. The van der Waals surface area contributed by atoms with Crippen LogP contribution in [-0.2, 0) is 9.53 Å². The Morgan fingerprint density at radius 2 is 2.00 bits per heavy atom. The highest BCUT2D eigenvalue weighted by Gasteiger charge is 2.41. The normalized spacial score (nSPS) is 29.7. The molecule has 1 fully saturated rings. The Morgan fingerprint density at radius 3 is 2.50 bits per heavy atom. The highest BCUT2D eigenvalue weighted by Crippen LogP contribution is 2.39. The summed E-state index contributed by atoms with van der Waals surface area (Å²) in [7, 11) is 0. The molecule has 3 heteroatoms. The van der Waals surface area contributed by atoms with Crippen LogP contribution in [0.1, 0.15) is 66.2 Å². The minimum Gasteiger partial charge on any atom is -0.460 e. The van der Waals surface area contributed by atoms with Crippen molar-refractivity contribution in [3.05, 3.63) is 0 Å². The zero-order chi connectivity index (χ0) is 13.8. The van der Waals surface area contributed by atoms with E-state index in [9.17, 15) is 4.79 Å². The van der Waals surface area contributed by atoms with Gasteiger partial charge in [0.15, 0.2) is 0 Å². The van der Waals surface area contributed by atoms with E-state index in [2.05, 4.69) is 6.92 Å². The molecule has 3 nitrogen and oxygen atoms in total. The van der Waals surface area contributed by atoms with Crippen molar-refractivity contribution in [2.24, 2.45) is 17.1 Å². The number of carbonyl (C=O) groups is 1. The third-order valence-electron chi connectivity index (χ3n) is 4.10. The molecule has 0 aromatic heterocycles. The van der Waals surface area contributed by atoms with Gasteiger partial charge in [0.2, 0.25) is 0 Å². The van der Waals surface area contributed by atoms with Crippen molar-refractivity contribution in [2.75, 3.05) is 6.54 Å². The zero-order valence-corrected chi connectivity index (χ0v) is 12.4. The summed E-state index contributed by atoms with van der Waals surface area (Å²) in [6, 6.07) is 0. The van der Waals surface area contributed by atoms with E-state index in [0.717, 1.165) is 31.6 Å². The largest absolute Gasteiger partial charge is 0.460 e. The SMILES string of the molecule is CCC1CCCC(CN)(C(=O)OC(C)(C)C)CC1. The average molecular weight is 255 g/mol. The van der Waals surface area contributed by atoms with Gasteiger partial charge in [-0.25, -0.2) is 0 Å². The van der Waals surface area contributed by atoms with E-state index < -0.39 is 11.0 Å². The molecule has 0 saturated heterocycles. The molecule has 0 heterocycles. The number of ether oxygens (including phenoxy) is 1. The van der Waals surface area contributed by atoms with Gasteiger partial charge in [0.25, 0.3) is 0 Å². The molecule has 0 bridgehead atoms. The minimum atomic E-state index is -0.433. The maximum absolute atomic E-state index is 12.4. The highest BCUT2D eigenvalue weighted by atomic mass is 16.6. The standard InChI is InChI=1S/C15H29NO2/c1-5-12-7-6-9-15(11-16,10-8-12)13(17)18-14(2,3)4/h12H,5-11,16H2,1-4H3. The molecule has 2 atom stereocenters. The first kappa shape index (κ1) is 15.5. The zero-order valence-electron chi connectivity index (χ0n) is 12.4. The van der Waals surface area contributed by atoms with E-state index >= 15 is 0 Å². The van der Waals surface area contributed by atoms with Crippen LogP contribution in [0.15, 0.2) is 0 Å². The predicted octanol–water partition coefficient (Wildman–Crippen LogP) is 3.26. The molecule has 1 aliphatic carbocycles. The molecule has 1 aliphatic rings. The lowest BCUT2D eigenvalue weighted by Crippen LogP contribution is -2.42. The molecular weight excluding hydrogens is 226 g/mol. The lowest BCUT2D eigenvalue weighted by Gasteiger charge is -2.32.